The highest BCUT2D eigenvalue weighted by molar-refractivity contribution is 5.38. The van der Waals surface area contributed by atoms with Crippen LogP contribution in [-0.2, 0) is 6.54 Å². The summed E-state index contributed by atoms with van der Waals surface area (Å²) in [4.78, 5) is 9.16. The number of pyridine rings is 1. The van der Waals surface area contributed by atoms with Gasteiger partial charge < -0.3 is 4.90 Å². The van der Waals surface area contributed by atoms with Crippen molar-refractivity contribution in [1.82, 2.24) is 20.1 Å². The number of hydrogen-bond donors (Lipinski definition) is 0. The molecule has 0 radical (unpaired) electrons. The van der Waals surface area contributed by atoms with E-state index in [2.05, 4.69) is 44.2 Å². The molecular weight excluding hydrogens is 274 g/mol. The molecule has 116 valence electrons. The Balaban J connectivity index is 1.63. The van der Waals surface area contributed by atoms with Crippen LogP contribution in [0.5, 0.6) is 0 Å². The highest BCUT2D eigenvalue weighted by atomic mass is 15.3. The molecule has 0 amide bonds. The number of hydrogen-bond acceptors (Lipinski definition) is 5. The van der Waals surface area contributed by atoms with Gasteiger partial charge in [-0.25, -0.2) is 0 Å². The molecule has 1 aliphatic rings. The van der Waals surface area contributed by atoms with E-state index in [0.29, 0.717) is 6.04 Å². The third kappa shape index (κ3) is 3.60. The van der Waals surface area contributed by atoms with Crippen molar-refractivity contribution in [2.75, 3.05) is 25.0 Å². The SMILES string of the molecule is Cc1ccc(N2CCCC(N(C)Cc3ccccn3)C2)nn1. The summed E-state index contributed by atoms with van der Waals surface area (Å²) in [6.07, 6.45) is 4.27. The summed E-state index contributed by atoms with van der Waals surface area (Å²) in [5.41, 5.74) is 2.09. The molecule has 0 N–H and O–H groups in total. The minimum absolute atomic E-state index is 0.527. The summed E-state index contributed by atoms with van der Waals surface area (Å²) in [6, 6.07) is 10.7. The quantitative estimate of drug-likeness (QED) is 0.866. The molecule has 2 aromatic heterocycles. The fraction of sp³-hybridized carbons (Fsp3) is 0.471. The average molecular weight is 297 g/mol. The molecule has 2 aromatic rings. The van der Waals surface area contributed by atoms with Crippen LogP contribution >= 0.6 is 0 Å². The Morgan fingerprint density at radius 3 is 2.86 bits per heavy atom. The number of aryl methyl sites for hydroxylation is 1. The van der Waals surface area contributed by atoms with E-state index in [1.54, 1.807) is 0 Å². The maximum absolute atomic E-state index is 4.42. The van der Waals surface area contributed by atoms with Crippen molar-refractivity contribution in [3.05, 3.63) is 47.9 Å². The molecule has 1 fully saturated rings. The van der Waals surface area contributed by atoms with Crippen LogP contribution in [-0.4, -0.2) is 46.3 Å². The zero-order valence-electron chi connectivity index (χ0n) is 13.3. The van der Waals surface area contributed by atoms with E-state index >= 15 is 0 Å². The summed E-state index contributed by atoms with van der Waals surface area (Å²) in [5.74, 6) is 0.988. The molecule has 5 heteroatoms. The largest absolute Gasteiger partial charge is 0.354 e. The van der Waals surface area contributed by atoms with E-state index in [9.17, 15) is 0 Å². The van der Waals surface area contributed by atoms with Crippen molar-refractivity contribution in [3.63, 3.8) is 0 Å². The van der Waals surface area contributed by atoms with Gasteiger partial charge in [-0.05, 0) is 51.1 Å². The summed E-state index contributed by atoms with van der Waals surface area (Å²) in [6.45, 7) is 4.92. The Labute approximate surface area is 132 Å². The van der Waals surface area contributed by atoms with Crippen LogP contribution in [0.1, 0.15) is 24.2 Å². The Morgan fingerprint density at radius 1 is 1.23 bits per heavy atom. The Bertz CT molecular complexity index is 584. The van der Waals surface area contributed by atoms with Gasteiger partial charge in [-0.2, -0.15) is 5.10 Å². The lowest BCUT2D eigenvalue weighted by molar-refractivity contribution is 0.205. The van der Waals surface area contributed by atoms with Gasteiger partial charge in [0.25, 0.3) is 0 Å². The van der Waals surface area contributed by atoms with Gasteiger partial charge in [-0.3, -0.25) is 9.88 Å². The predicted octanol–water partition coefficient (Wildman–Crippen LogP) is 2.28. The second kappa shape index (κ2) is 6.83. The van der Waals surface area contributed by atoms with Crippen LogP contribution in [0, 0.1) is 6.92 Å². The van der Waals surface area contributed by atoms with Crippen molar-refractivity contribution >= 4 is 5.82 Å². The summed E-state index contributed by atoms with van der Waals surface area (Å²) >= 11 is 0. The number of anilines is 1. The number of likely N-dealkylation sites (N-methyl/N-ethyl adjacent to an activating group) is 1. The first-order valence-electron chi connectivity index (χ1n) is 7.88. The van der Waals surface area contributed by atoms with Crippen molar-refractivity contribution in [2.45, 2.75) is 32.4 Å². The molecule has 0 saturated carbocycles. The fourth-order valence-electron chi connectivity index (χ4n) is 2.96. The van der Waals surface area contributed by atoms with E-state index in [1.807, 2.05) is 31.3 Å². The molecule has 0 aromatic carbocycles. The minimum Gasteiger partial charge on any atom is -0.354 e. The van der Waals surface area contributed by atoms with Gasteiger partial charge in [-0.1, -0.05) is 6.07 Å². The van der Waals surface area contributed by atoms with Gasteiger partial charge in [0, 0.05) is 31.9 Å². The molecule has 0 aliphatic carbocycles. The summed E-state index contributed by atoms with van der Waals surface area (Å²) in [5, 5.41) is 8.50. The molecule has 22 heavy (non-hydrogen) atoms. The Hall–Kier alpha value is -2.01. The molecule has 0 bridgehead atoms. The zero-order chi connectivity index (χ0) is 15.4. The zero-order valence-corrected chi connectivity index (χ0v) is 13.3. The molecular formula is C17H23N5. The van der Waals surface area contributed by atoms with Gasteiger partial charge in [0.15, 0.2) is 5.82 Å². The van der Waals surface area contributed by atoms with Crippen LogP contribution in [0.15, 0.2) is 36.5 Å². The van der Waals surface area contributed by atoms with E-state index in [-0.39, 0.29) is 0 Å². The first-order valence-corrected chi connectivity index (χ1v) is 7.88. The minimum atomic E-state index is 0.527. The fourth-order valence-corrected chi connectivity index (χ4v) is 2.96. The smallest absolute Gasteiger partial charge is 0.151 e. The van der Waals surface area contributed by atoms with Gasteiger partial charge >= 0.3 is 0 Å². The van der Waals surface area contributed by atoms with Crippen molar-refractivity contribution in [3.8, 4) is 0 Å². The van der Waals surface area contributed by atoms with E-state index in [4.69, 9.17) is 0 Å². The molecule has 5 nitrogen and oxygen atoms in total. The highest BCUT2D eigenvalue weighted by Crippen LogP contribution is 2.20. The van der Waals surface area contributed by atoms with Crippen LogP contribution in [0.3, 0.4) is 0 Å². The van der Waals surface area contributed by atoms with Crippen LogP contribution in [0.2, 0.25) is 0 Å². The van der Waals surface area contributed by atoms with Crippen LogP contribution < -0.4 is 4.90 Å². The number of nitrogens with zero attached hydrogens (tertiary/aromatic N) is 5. The van der Waals surface area contributed by atoms with Crippen molar-refractivity contribution in [2.24, 2.45) is 0 Å². The first-order chi connectivity index (χ1) is 10.7. The maximum Gasteiger partial charge on any atom is 0.151 e. The third-order valence-electron chi connectivity index (χ3n) is 4.27. The number of piperidine rings is 1. The summed E-state index contributed by atoms with van der Waals surface area (Å²) < 4.78 is 0. The van der Waals surface area contributed by atoms with Crippen molar-refractivity contribution in [1.29, 1.82) is 0 Å². The van der Waals surface area contributed by atoms with Crippen molar-refractivity contribution < 1.29 is 0 Å². The number of aromatic nitrogens is 3. The second-order valence-electron chi connectivity index (χ2n) is 6.01. The predicted molar refractivity (Wildman–Crippen MR) is 87.7 cm³/mol. The molecule has 3 rings (SSSR count). The lowest BCUT2D eigenvalue weighted by Crippen LogP contribution is -2.46. The third-order valence-corrected chi connectivity index (χ3v) is 4.27. The highest BCUT2D eigenvalue weighted by Gasteiger charge is 2.24. The van der Waals surface area contributed by atoms with Gasteiger partial charge in [0.05, 0.1) is 11.4 Å². The van der Waals surface area contributed by atoms with Gasteiger partial charge in [0.2, 0.25) is 0 Å². The monoisotopic (exact) mass is 297 g/mol. The first kappa shape index (κ1) is 14.9. The van der Waals surface area contributed by atoms with Gasteiger partial charge in [0.1, 0.15) is 0 Å². The van der Waals surface area contributed by atoms with E-state index < -0.39 is 0 Å². The topological polar surface area (TPSA) is 45.2 Å². The van der Waals surface area contributed by atoms with E-state index in [1.165, 1.54) is 12.8 Å². The van der Waals surface area contributed by atoms with Crippen LogP contribution in [0.25, 0.3) is 0 Å². The summed E-state index contributed by atoms with van der Waals surface area (Å²) in [7, 11) is 2.18. The second-order valence-corrected chi connectivity index (χ2v) is 6.01. The maximum atomic E-state index is 4.42. The Kier molecular flexibility index (Phi) is 4.63. The van der Waals surface area contributed by atoms with Gasteiger partial charge in [-0.15, -0.1) is 5.10 Å². The normalized spacial score (nSPS) is 18.7. The molecule has 1 saturated heterocycles. The lowest BCUT2D eigenvalue weighted by Gasteiger charge is -2.38. The van der Waals surface area contributed by atoms with Crippen LogP contribution in [0.4, 0.5) is 5.82 Å². The molecule has 0 spiro atoms. The molecule has 3 heterocycles. The lowest BCUT2D eigenvalue weighted by atomic mass is 10.0. The average Bonchev–Trinajstić information content (AvgIpc) is 2.56. The van der Waals surface area contributed by atoms with E-state index in [0.717, 1.165) is 36.8 Å². The standard InChI is InChI=1S/C17H23N5/c1-14-8-9-17(20-19-14)22-11-5-7-16(13-22)21(2)12-15-6-3-4-10-18-15/h3-4,6,8-10,16H,5,7,11-13H2,1-2H3. The number of rotatable bonds is 4. The Morgan fingerprint density at radius 2 is 2.14 bits per heavy atom. The molecule has 1 atom stereocenters. The molecule has 1 unspecified atom stereocenters. The molecule has 1 aliphatic heterocycles.